The van der Waals surface area contributed by atoms with E-state index < -0.39 is 0 Å². The van der Waals surface area contributed by atoms with Gasteiger partial charge in [0.2, 0.25) is 5.91 Å². The summed E-state index contributed by atoms with van der Waals surface area (Å²) in [6, 6.07) is 23.2. The van der Waals surface area contributed by atoms with E-state index in [2.05, 4.69) is 10.5 Å². The Hall–Kier alpha value is -3.47. The van der Waals surface area contributed by atoms with Gasteiger partial charge in [-0.25, -0.2) is 9.82 Å². The molecule has 27 heavy (non-hydrogen) atoms. The lowest BCUT2D eigenvalue weighted by atomic mass is 10.1. The van der Waals surface area contributed by atoms with Gasteiger partial charge in [0.25, 0.3) is 0 Å². The average molecular weight is 362 g/mol. The number of amides is 1. The van der Waals surface area contributed by atoms with Crippen LogP contribution >= 0.6 is 0 Å². The van der Waals surface area contributed by atoms with Crippen LogP contribution in [0.2, 0.25) is 0 Å². The van der Waals surface area contributed by atoms with Gasteiger partial charge in [0.1, 0.15) is 18.2 Å². The smallest absolute Gasteiger partial charge is 0.244 e. The highest BCUT2D eigenvalue weighted by Crippen LogP contribution is 2.14. The minimum absolute atomic E-state index is 0.137. The molecule has 0 bridgehead atoms. The topological polar surface area (TPSA) is 50.7 Å². The number of carbonyl (C=O) groups is 1. The average Bonchev–Trinajstić information content (AvgIpc) is 2.69. The van der Waals surface area contributed by atoms with Crippen molar-refractivity contribution >= 4 is 12.1 Å². The molecule has 3 rings (SSSR count). The van der Waals surface area contributed by atoms with Crippen LogP contribution in [-0.4, -0.2) is 12.1 Å². The van der Waals surface area contributed by atoms with Crippen molar-refractivity contribution in [3.8, 4) is 5.75 Å². The van der Waals surface area contributed by atoms with Crippen LogP contribution in [-0.2, 0) is 17.8 Å². The lowest BCUT2D eigenvalue weighted by Crippen LogP contribution is -2.19. The van der Waals surface area contributed by atoms with Gasteiger partial charge in [-0.1, -0.05) is 54.6 Å². The first kappa shape index (κ1) is 18.3. The lowest BCUT2D eigenvalue weighted by Gasteiger charge is -2.06. The van der Waals surface area contributed by atoms with E-state index in [9.17, 15) is 9.18 Å². The van der Waals surface area contributed by atoms with E-state index in [0.29, 0.717) is 6.61 Å². The first-order valence-electron chi connectivity index (χ1n) is 8.52. The highest BCUT2D eigenvalue weighted by atomic mass is 19.1. The lowest BCUT2D eigenvalue weighted by molar-refractivity contribution is -0.120. The molecule has 1 N–H and O–H groups in total. The molecule has 0 atom stereocenters. The molecule has 5 heteroatoms. The van der Waals surface area contributed by atoms with Gasteiger partial charge in [-0.2, -0.15) is 5.10 Å². The fourth-order valence-electron chi connectivity index (χ4n) is 2.43. The Morgan fingerprint density at radius 2 is 1.74 bits per heavy atom. The number of nitrogens with zero attached hydrogens (tertiary/aromatic N) is 1. The molecule has 0 fully saturated rings. The van der Waals surface area contributed by atoms with Crippen molar-refractivity contribution in [3.63, 3.8) is 0 Å². The molecule has 0 aliphatic carbocycles. The van der Waals surface area contributed by atoms with Crippen molar-refractivity contribution in [1.82, 2.24) is 5.43 Å². The molecule has 0 saturated heterocycles. The van der Waals surface area contributed by atoms with E-state index in [1.807, 2.05) is 54.6 Å². The molecule has 0 aliphatic rings. The largest absolute Gasteiger partial charge is 0.489 e. The predicted octanol–water partition coefficient (Wildman–Crippen LogP) is 4.10. The molecule has 0 unspecified atom stereocenters. The molecule has 4 nitrogen and oxygen atoms in total. The third kappa shape index (κ3) is 6.08. The Balaban J connectivity index is 1.51. The molecular weight excluding hydrogens is 343 g/mol. The summed E-state index contributed by atoms with van der Waals surface area (Å²) in [7, 11) is 0. The molecule has 136 valence electrons. The maximum Gasteiger partial charge on any atom is 0.244 e. The number of benzene rings is 3. The van der Waals surface area contributed by atoms with Gasteiger partial charge in [0.15, 0.2) is 0 Å². The number of carbonyl (C=O) groups excluding carboxylic acids is 1. The molecule has 3 aromatic rings. The van der Waals surface area contributed by atoms with Gasteiger partial charge < -0.3 is 4.74 Å². The molecule has 3 aromatic carbocycles. The van der Waals surface area contributed by atoms with Crippen molar-refractivity contribution in [2.45, 2.75) is 13.0 Å². The first-order valence-corrected chi connectivity index (χ1v) is 8.52. The Morgan fingerprint density at radius 1 is 0.963 bits per heavy atom. The van der Waals surface area contributed by atoms with Crippen molar-refractivity contribution in [2.24, 2.45) is 5.10 Å². The monoisotopic (exact) mass is 362 g/mol. The summed E-state index contributed by atoms with van der Waals surface area (Å²) < 4.78 is 18.6. The zero-order valence-corrected chi connectivity index (χ0v) is 14.6. The van der Waals surface area contributed by atoms with Crippen LogP contribution in [0.3, 0.4) is 0 Å². The van der Waals surface area contributed by atoms with Crippen LogP contribution in [0.15, 0.2) is 84.0 Å². The van der Waals surface area contributed by atoms with Crippen molar-refractivity contribution in [1.29, 1.82) is 0 Å². The van der Waals surface area contributed by atoms with Gasteiger partial charge in [0.05, 0.1) is 12.6 Å². The maximum absolute atomic E-state index is 12.9. The van der Waals surface area contributed by atoms with Gasteiger partial charge in [0, 0.05) is 0 Å². The van der Waals surface area contributed by atoms with Crippen LogP contribution < -0.4 is 10.2 Å². The van der Waals surface area contributed by atoms with Crippen LogP contribution in [0.25, 0.3) is 0 Å². The zero-order valence-electron chi connectivity index (χ0n) is 14.6. The number of hydrazone groups is 1. The van der Waals surface area contributed by atoms with Crippen LogP contribution in [0.4, 0.5) is 4.39 Å². The minimum atomic E-state index is -0.327. The van der Waals surface area contributed by atoms with E-state index >= 15 is 0 Å². The minimum Gasteiger partial charge on any atom is -0.489 e. The van der Waals surface area contributed by atoms with Crippen LogP contribution in [0.1, 0.15) is 16.7 Å². The fourth-order valence-corrected chi connectivity index (χ4v) is 2.43. The molecule has 1 amide bonds. The van der Waals surface area contributed by atoms with Crippen LogP contribution in [0, 0.1) is 5.82 Å². The Kier molecular flexibility index (Phi) is 6.30. The molecule has 0 aliphatic heterocycles. The molecule has 0 radical (unpaired) electrons. The van der Waals surface area contributed by atoms with Crippen molar-refractivity contribution < 1.29 is 13.9 Å². The van der Waals surface area contributed by atoms with Crippen molar-refractivity contribution in [3.05, 3.63) is 101 Å². The van der Waals surface area contributed by atoms with E-state index in [4.69, 9.17) is 4.74 Å². The number of hydrogen-bond acceptors (Lipinski definition) is 3. The molecule has 0 heterocycles. The number of ether oxygens (including phenoxy) is 1. The van der Waals surface area contributed by atoms with E-state index in [-0.39, 0.29) is 18.1 Å². The summed E-state index contributed by atoms with van der Waals surface area (Å²) in [5, 5.41) is 3.96. The second-order valence-electron chi connectivity index (χ2n) is 5.94. The summed E-state index contributed by atoms with van der Waals surface area (Å²) in [6.07, 6.45) is 1.69. The predicted molar refractivity (Wildman–Crippen MR) is 103 cm³/mol. The van der Waals surface area contributed by atoms with E-state index in [1.165, 1.54) is 12.1 Å². The highest BCUT2D eigenvalue weighted by molar-refractivity contribution is 5.83. The molecular formula is C22H19FN2O2. The highest BCUT2D eigenvalue weighted by Gasteiger charge is 2.02. The van der Waals surface area contributed by atoms with Gasteiger partial charge in [-0.15, -0.1) is 0 Å². The van der Waals surface area contributed by atoms with E-state index in [0.717, 1.165) is 22.4 Å². The number of nitrogens with one attached hydrogen (secondary N) is 1. The molecule has 0 spiro atoms. The Bertz CT molecular complexity index is 909. The Labute approximate surface area is 157 Å². The molecule has 0 saturated carbocycles. The number of hydrogen-bond donors (Lipinski definition) is 1. The standard InChI is InChI=1S/C22H19FN2O2/c23-20-11-9-17(10-12-20)14-22(26)25-24-15-19-7-4-8-21(13-19)27-16-18-5-2-1-3-6-18/h1-13,15H,14,16H2,(H,25,26)/b24-15-. The summed E-state index contributed by atoms with van der Waals surface area (Å²) in [6.45, 7) is 0.482. The fraction of sp³-hybridized carbons (Fsp3) is 0.0909. The number of halogens is 1. The van der Waals surface area contributed by atoms with E-state index in [1.54, 1.807) is 18.3 Å². The zero-order chi connectivity index (χ0) is 18.9. The summed E-state index contributed by atoms with van der Waals surface area (Å²) in [5.41, 5.74) is 5.09. The second kappa shape index (κ2) is 9.29. The third-order valence-electron chi connectivity index (χ3n) is 3.79. The summed E-state index contributed by atoms with van der Waals surface area (Å²) in [5.74, 6) is 0.126. The quantitative estimate of drug-likeness (QED) is 0.508. The Morgan fingerprint density at radius 3 is 2.52 bits per heavy atom. The molecule has 0 aromatic heterocycles. The number of rotatable bonds is 7. The van der Waals surface area contributed by atoms with Gasteiger partial charge in [-0.05, 0) is 41.0 Å². The maximum atomic E-state index is 12.9. The third-order valence-corrected chi connectivity index (χ3v) is 3.79. The van der Waals surface area contributed by atoms with Gasteiger partial charge >= 0.3 is 0 Å². The second-order valence-corrected chi connectivity index (χ2v) is 5.94. The van der Waals surface area contributed by atoms with Crippen molar-refractivity contribution in [2.75, 3.05) is 0 Å². The van der Waals surface area contributed by atoms with Gasteiger partial charge in [-0.3, -0.25) is 4.79 Å². The first-order chi connectivity index (χ1) is 13.2. The summed E-state index contributed by atoms with van der Waals surface area (Å²) in [4.78, 5) is 11.9. The normalized spacial score (nSPS) is 10.7. The van der Waals surface area contributed by atoms with Crippen LogP contribution in [0.5, 0.6) is 5.75 Å². The summed E-state index contributed by atoms with van der Waals surface area (Å²) >= 11 is 0. The SMILES string of the molecule is O=C(Cc1ccc(F)cc1)N/N=C\c1cccc(OCc2ccccc2)c1.